The fourth-order valence-electron chi connectivity index (χ4n) is 2.70. The largest absolute Gasteiger partial charge is 0.396 e. The van der Waals surface area contributed by atoms with Crippen LogP contribution in [0.25, 0.3) is 0 Å². The second-order valence-electron chi connectivity index (χ2n) is 5.30. The Morgan fingerprint density at radius 3 is 2.89 bits per heavy atom. The molecule has 1 aromatic rings. The first-order valence-electron chi connectivity index (χ1n) is 6.79. The van der Waals surface area contributed by atoms with E-state index >= 15 is 0 Å². The van der Waals surface area contributed by atoms with Crippen LogP contribution in [0.5, 0.6) is 0 Å². The lowest BCUT2D eigenvalue weighted by Crippen LogP contribution is -2.40. The molecule has 1 atom stereocenters. The van der Waals surface area contributed by atoms with Crippen LogP contribution in [0.2, 0.25) is 0 Å². The first-order valence-corrected chi connectivity index (χ1v) is 6.79. The molecule has 0 bridgehead atoms. The second-order valence-corrected chi connectivity index (χ2v) is 5.30. The van der Waals surface area contributed by atoms with E-state index in [1.165, 1.54) is 6.42 Å². The molecule has 4 heteroatoms. The lowest BCUT2D eigenvalue weighted by molar-refractivity contribution is 0.328. The van der Waals surface area contributed by atoms with E-state index in [-0.39, 0.29) is 0 Å². The van der Waals surface area contributed by atoms with Gasteiger partial charge in [0.2, 0.25) is 0 Å². The number of nitrogens with zero attached hydrogens (tertiary/aromatic N) is 3. The molecule has 1 aromatic heterocycles. The van der Waals surface area contributed by atoms with Crippen molar-refractivity contribution >= 4 is 11.5 Å². The molecular formula is C14H24N4. The van der Waals surface area contributed by atoms with Gasteiger partial charge >= 0.3 is 0 Å². The molecule has 0 spiro atoms. The predicted molar refractivity (Wildman–Crippen MR) is 76.9 cm³/mol. The van der Waals surface area contributed by atoms with Gasteiger partial charge in [-0.3, -0.25) is 0 Å². The molecule has 2 N–H and O–H groups in total. The van der Waals surface area contributed by atoms with E-state index in [9.17, 15) is 0 Å². The monoisotopic (exact) mass is 248 g/mol. The predicted octanol–water partition coefficient (Wildman–Crippen LogP) is 1.89. The minimum absolute atomic E-state index is 0.509. The summed E-state index contributed by atoms with van der Waals surface area (Å²) in [6.45, 7) is 7.55. The van der Waals surface area contributed by atoms with Crippen molar-refractivity contribution in [3.8, 4) is 0 Å². The first kappa shape index (κ1) is 13.1. The Hall–Kier alpha value is -1.29. The molecule has 1 saturated heterocycles. The third-order valence-corrected chi connectivity index (χ3v) is 3.68. The minimum atomic E-state index is 0.509. The zero-order valence-corrected chi connectivity index (χ0v) is 11.7. The van der Waals surface area contributed by atoms with Crippen LogP contribution in [0.3, 0.4) is 0 Å². The Balaban J connectivity index is 2.28. The summed E-state index contributed by atoms with van der Waals surface area (Å²) in [5.74, 6) is 0.961. The number of hydrogen-bond donors (Lipinski definition) is 1. The first-order chi connectivity index (χ1) is 8.61. The topological polar surface area (TPSA) is 45.4 Å². The van der Waals surface area contributed by atoms with E-state index in [4.69, 9.17) is 5.73 Å². The third kappa shape index (κ3) is 2.75. The number of nitrogen functional groups attached to an aromatic ring is 1. The van der Waals surface area contributed by atoms with Crippen LogP contribution in [0.4, 0.5) is 11.5 Å². The van der Waals surface area contributed by atoms with Gasteiger partial charge in [0.1, 0.15) is 0 Å². The van der Waals surface area contributed by atoms with Crippen molar-refractivity contribution in [3.05, 3.63) is 17.8 Å². The van der Waals surface area contributed by atoms with E-state index in [0.717, 1.165) is 43.1 Å². The summed E-state index contributed by atoms with van der Waals surface area (Å²) in [5, 5.41) is 0. The smallest absolute Gasteiger partial charge is 0.152 e. The number of anilines is 2. The van der Waals surface area contributed by atoms with E-state index in [1.807, 2.05) is 19.2 Å². The van der Waals surface area contributed by atoms with Crippen LogP contribution in [0.15, 0.2) is 12.3 Å². The third-order valence-electron chi connectivity index (χ3n) is 3.68. The van der Waals surface area contributed by atoms with Gasteiger partial charge in [0, 0.05) is 25.3 Å². The molecule has 0 aliphatic carbocycles. The Morgan fingerprint density at radius 2 is 2.22 bits per heavy atom. The molecule has 0 amide bonds. The molecule has 1 fully saturated rings. The van der Waals surface area contributed by atoms with Crippen molar-refractivity contribution in [3.63, 3.8) is 0 Å². The number of aryl methyl sites for hydroxylation is 1. The summed E-state index contributed by atoms with van der Waals surface area (Å²) in [6, 6.07) is 2.53. The van der Waals surface area contributed by atoms with Crippen molar-refractivity contribution in [2.24, 2.45) is 0 Å². The maximum atomic E-state index is 6.14. The number of nitrogens with two attached hydrogens (primary N) is 1. The molecule has 0 saturated carbocycles. The quantitative estimate of drug-likeness (QED) is 0.868. The summed E-state index contributed by atoms with van der Waals surface area (Å²) in [4.78, 5) is 9.34. The Morgan fingerprint density at radius 1 is 1.44 bits per heavy atom. The molecule has 2 rings (SSSR count). The van der Waals surface area contributed by atoms with Gasteiger partial charge in [0.05, 0.1) is 5.69 Å². The second kappa shape index (κ2) is 5.57. The molecule has 1 aliphatic rings. The molecule has 4 nitrogen and oxygen atoms in total. The van der Waals surface area contributed by atoms with Gasteiger partial charge in [-0.05, 0) is 45.0 Å². The van der Waals surface area contributed by atoms with Gasteiger partial charge < -0.3 is 15.5 Å². The summed E-state index contributed by atoms with van der Waals surface area (Å²) >= 11 is 0. The normalized spacial score (nSPS) is 21.9. The Labute approximate surface area is 110 Å². The molecule has 0 aromatic carbocycles. The maximum Gasteiger partial charge on any atom is 0.152 e. The van der Waals surface area contributed by atoms with Crippen LogP contribution in [0.1, 0.15) is 25.3 Å². The molecule has 1 unspecified atom stereocenters. The fraction of sp³-hybridized carbons (Fsp3) is 0.643. The van der Waals surface area contributed by atoms with Crippen molar-refractivity contribution in [1.29, 1.82) is 0 Å². The van der Waals surface area contributed by atoms with Crippen LogP contribution >= 0.6 is 0 Å². The van der Waals surface area contributed by atoms with Crippen LogP contribution in [-0.2, 0) is 0 Å². The highest BCUT2D eigenvalue weighted by molar-refractivity contribution is 5.63. The number of likely N-dealkylation sites (N-methyl/N-ethyl adjacent to an activating group) is 1. The summed E-state index contributed by atoms with van der Waals surface area (Å²) < 4.78 is 0. The molecule has 100 valence electrons. The van der Waals surface area contributed by atoms with E-state index in [1.54, 1.807) is 0 Å². The van der Waals surface area contributed by atoms with E-state index in [2.05, 4.69) is 28.8 Å². The van der Waals surface area contributed by atoms with Gasteiger partial charge in [-0.1, -0.05) is 6.92 Å². The number of hydrogen-bond acceptors (Lipinski definition) is 4. The van der Waals surface area contributed by atoms with Gasteiger partial charge in [0.15, 0.2) is 5.82 Å². The van der Waals surface area contributed by atoms with Gasteiger partial charge in [-0.15, -0.1) is 0 Å². The van der Waals surface area contributed by atoms with Crippen LogP contribution in [0, 0.1) is 6.92 Å². The highest BCUT2D eigenvalue weighted by Gasteiger charge is 2.24. The minimum Gasteiger partial charge on any atom is -0.396 e. The fourth-order valence-corrected chi connectivity index (χ4v) is 2.70. The number of aromatic nitrogens is 1. The number of rotatable bonds is 2. The zero-order chi connectivity index (χ0) is 13.1. The SMILES string of the molecule is CCC1CN(C)CCCN1c1ncc(C)cc1N. The van der Waals surface area contributed by atoms with Crippen LogP contribution < -0.4 is 10.6 Å². The van der Waals surface area contributed by atoms with Gasteiger partial charge in [0.25, 0.3) is 0 Å². The standard InChI is InChI=1S/C14H24N4/c1-4-12-10-17(3)6-5-7-18(12)14-13(15)8-11(2)9-16-14/h8-9,12H,4-7,10,15H2,1-3H3. The highest BCUT2D eigenvalue weighted by atomic mass is 15.3. The molecule has 1 aliphatic heterocycles. The van der Waals surface area contributed by atoms with E-state index in [0.29, 0.717) is 6.04 Å². The van der Waals surface area contributed by atoms with E-state index < -0.39 is 0 Å². The maximum absolute atomic E-state index is 6.14. The average molecular weight is 248 g/mol. The summed E-state index contributed by atoms with van der Waals surface area (Å²) in [6.07, 6.45) is 4.20. The van der Waals surface area contributed by atoms with Crippen molar-refractivity contribution < 1.29 is 0 Å². The molecular weight excluding hydrogens is 224 g/mol. The molecule has 2 heterocycles. The molecule has 18 heavy (non-hydrogen) atoms. The van der Waals surface area contributed by atoms with Crippen molar-refractivity contribution in [1.82, 2.24) is 9.88 Å². The average Bonchev–Trinajstić information content (AvgIpc) is 2.51. The Kier molecular flexibility index (Phi) is 4.07. The van der Waals surface area contributed by atoms with Crippen molar-refractivity contribution in [2.75, 3.05) is 37.3 Å². The zero-order valence-electron chi connectivity index (χ0n) is 11.7. The van der Waals surface area contributed by atoms with Gasteiger partial charge in [-0.25, -0.2) is 4.98 Å². The summed E-state index contributed by atoms with van der Waals surface area (Å²) in [7, 11) is 2.19. The lowest BCUT2D eigenvalue weighted by atomic mass is 10.1. The molecule has 0 radical (unpaired) electrons. The van der Waals surface area contributed by atoms with Crippen LogP contribution in [-0.4, -0.2) is 42.6 Å². The van der Waals surface area contributed by atoms with Crippen molar-refractivity contribution in [2.45, 2.75) is 32.7 Å². The van der Waals surface area contributed by atoms with Gasteiger partial charge in [-0.2, -0.15) is 0 Å². The highest BCUT2D eigenvalue weighted by Crippen LogP contribution is 2.25. The Bertz CT molecular complexity index is 405. The lowest BCUT2D eigenvalue weighted by Gasteiger charge is -2.32. The summed E-state index contributed by atoms with van der Waals surface area (Å²) in [5.41, 5.74) is 8.06. The number of pyridine rings is 1.